The van der Waals surface area contributed by atoms with Crippen molar-refractivity contribution in [2.45, 2.75) is 6.92 Å². The van der Waals surface area contributed by atoms with Crippen LogP contribution in [-0.2, 0) is 0 Å². The number of carbonyl (C=O) groups is 1. The molecule has 3 rings (SSSR count). The Morgan fingerprint density at radius 2 is 2.11 bits per heavy atom. The number of aromatic carboxylic acids is 1. The van der Waals surface area contributed by atoms with Crippen molar-refractivity contribution in [3.05, 3.63) is 53.7 Å². The van der Waals surface area contributed by atoms with Crippen LogP contribution in [0.4, 0.5) is 0 Å². The van der Waals surface area contributed by atoms with Crippen molar-refractivity contribution in [2.75, 3.05) is 0 Å². The van der Waals surface area contributed by atoms with Gasteiger partial charge in [0.1, 0.15) is 0 Å². The van der Waals surface area contributed by atoms with Gasteiger partial charge in [-0.3, -0.25) is 0 Å². The molecule has 5 nitrogen and oxygen atoms in total. The van der Waals surface area contributed by atoms with Crippen molar-refractivity contribution in [1.82, 2.24) is 14.6 Å². The summed E-state index contributed by atoms with van der Waals surface area (Å²) in [5.41, 5.74) is 2.77. The summed E-state index contributed by atoms with van der Waals surface area (Å²) in [6.07, 6.45) is 1.60. The number of fused-ring (bicyclic) bond motifs is 1. The molecule has 0 unspecified atom stereocenters. The lowest BCUT2D eigenvalue weighted by atomic mass is 10.1. The van der Waals surface area contributed by atoms with Gasteiger partial charge in [0.2, 0.25) is 0 Å². The fraction of sp³-hybridized carbons (Fsp3) is 0.0714. The SMILES string of the molecule is Cc1cccc(-c2nc3cc(C(=O)O)ccn3n2)c1. The molecule has 0 aliphatic rings. The topological polar surface area (TPSA) is 67.5 Å². The third-order valence-corrected chi connectivity index (χ3v) is 2.86. The summed E-state index contributed by atoms with van der Waals surface area (Å²) in [5.74, 6) is -0.381. The molecular formula is C14H11N3O2. The Morgan fingerprint density at radius 3 is 2.84 bits per heavy atom. The Kier molecular flexibility index (Phi) is 2.52. The summed E-state index contributed by atoms with van der Waals surface area (Å²) >= 11 is 0. The van der Waals surface area contributed by atoms with Crippen LogP contribution in [0.3, 0.4) is 0 Å². The first-order valence-corrected chi connectivity index (χ1v) is 5.80. The van der Waals surface area contributed by atoms with Gasteiger partial charge in [0, 0.05) is 11.8 Å². The van der Waals surface area contributed by atoms with E-state index < -0.39 is 5.97 Å². The molecule has 5 heteroatoms. The fourth-order valence-corrected chi connectivity index (χ4v) is 1.92. The van der Waals surface area contributed by atoms with Crippen molar-refractivity contribution in [3.63, 3.8) is 0 Å². The largest absolute Gasteiger partial charge is 0.478 e. The normalized spacial score (nSPS) is 10.8. The Morgan fingerprint density at radius 1 is 1.26 bits per heavy atom. The summed E-state index contributed by atoms with van der Waals surface area (Å²) in [5, 5.41) is 13.3. The molecule has 1 N–H and O–H groups in total. The van der Waals surface area contributed by atoms with E-state index in [0.29, 0.717) is 11.5 Å². The molecule has 0 atom stereocenters. The highest BCUT2D eigenvalue weighted by Crippen LogP contribution is 2.17. The number of hydrogen-bond acceptors (Lipinski definition) is 3. The number of carboxylic acids is 1. The number of rotatable bonds is 2. The number of pyridine rings is 1. The van der Waals surface area contributed by atoms with Crippen molar-refractivity contribution in [1.29, 1.82) is 0 Å². The van der Waals surface area contributed by atoms with Gasteiger partial charge >= 0.3 is 5.97 Å². The molecule has 0 aliphatic heterocycles. The van der Waals surface area contributed by atoms with E-state index in [1.54, 1.807) is 10.7 Å². The van der Waals surface area contributed by atoms with E-state index in [0.717, 1.165) is 11.1 Å². The van der Waals surface area contributed by atoms with E-state index in [1.807, 2.05) is 31.2 Å². The maximum atomic E-state index is 10.9. The first-order chi connectivity index (χ1) is 9.13. The minimum atomic E-state index is -0.970. The number of benzene rings is 1. The third kappa shape index (κ3) is 2.06. The van der Waals surface area contributed by atoms with Gasteiger partial charge in [-0.05, 0) is 25.1 Å². The summed E-state index contributed by atoms with van der Waals surface area (Å²) in [7, 11) is 0. The molecule has 0 spiro atoms. The Bertz CT molecular complexity index is 777. The van der Waals surface area contributed by atoms with Gasteiger partial charge in [0.25, 0.3) is 0 Å². The number of aryl methyl sites for hydroxylation is 1. The van der Waals surface area contributed by atoms with Crippen LogP contribution in [0.5, 0.6) is 0 Å². The second kappa shape index (κ2) is 4.20. The quantitative estimate of drug-likeness (QED) is 0.761. The summed E-state index contributed by atoms with van der Waals surface area (Å²) < 4.78 is 1.57. The molecule has 0 aliphatic carbocycles. The Balaban J connectivity index is 2.14. The van der Waals surface area contributed by atoms with Gasteiger partial charge in [0.05, 0.1) is 5.56 Å². The minimum absolute atomic E-state index is 0.204. The van der Waals surface area contributed by atoms with Crippen molar-refractivity contribution in [3.8, 4) is 11.4 Å². The highest BCUT2D eigenvalue weighted by atomic mass is 16.4. The highest BCUT2D eigenvalue weighted by molar-refractivity contribution is 5.88. The molecule has 0 saturated carbocycles. The number of hydrogen-bond donors (Lipinski definition) is 1. The monoisotopic (exact) mass is 253 g/mol. The first kappa shape index (κ1) is 11.4. The number of nitrogens with zero attached hydrogens (tertiary/aromatic N) is 3. The van der Waals surface area contributed by atoms with E-state index in [9.17, 15) is 4.79 Å². The van der Waals surface area contributed by atoms with E-state index in [2.05, 4.69) is 10.1 Å². The zero-order chi connectivity index (χ0) is 13.4. The van der Waals surface area contributed by atoms with Crippen molar-refractivity contribution < 1.29 is 9.90 Å². The lowest BCUT2D eigenvalue weighted by molar-refractivity contribution is 0.0697. The maximum Gasteiger partial charge on any atom is 0.335 e. The zero-order valence-electron chi connectivity index (χ0n) is 10.2. The van der Waals surface area contributed by atoms with E-state index >= 15 is 0 Å². The van der Waals surface area contributed by atoms with Gasteiger partial charge in [-0.25, -0.2) is 14.3 Å². The lowest BCUT2D eigenvalue weighted by Gasteiger charge is -1.95. The molecule has 19 heavy (non-hydrogen) atoms. The van der Waals surface area contributed by atoms with Crippen LogP contribution in [0.1, 0.15) is 15.9 Å². The van der Waals surface area contributed by atoms with E-state index in [4.69, 9.17) is 5.11 Å². The average molecular weight is 253 g/mol. The molecule has 1 aromatic carbocycles. The number of carboxylic acid groups (broad SMARTS) is 1. The molecular weight excluding hydrogens is 242 g/mol. The second-order valence-electron chi connectivity index (χ2n) is 4.33. The average Bonchev–Trinajstić information content (AvgIpc) is 2.81. The van der Waals surface area contributed by atoms with Crippen LogP contribution in [-0.4, -0.2) is 25.7 Å². The van der Waals surface area contributed by atoms with Gasteiger partial charge in [0.15, 0.2) is 11.5 Å². The molecule has 2 heterocycles. The molecule has 3 aromatic rings. The van der Waals surface area contributed by atoms with Crippen molar-refractivity contribution in [2.24, 2.45) is 0 Å². The molecule has 0 amide bonds. The van der Waals surface area contributed by atoms with Crippen LogP contribution in [0.25, 0.3) is 17.0 Å². The fourth-order valence-electron chi connectivity index (χ4n) is 1.92. The smallest absolute Gasteiger partial charge is 0.335 e. The molecule has 0 saturated heterocycles. The summed E-state index contributed by atoms with van der Waals surface area (Å²) in [4.78, 5) is 15.3. The highest BCUT2D eigenvalue weighted by Gasteiger charge is 2.09. The molecule has 0 bridgehead atoms. The van der Waals surface area contributed by atoms with E-state index in [1.165, 1.54) is 12.1 Å². The molecule has 0 fully saturated rings. The van der Waals surface area contributed by atoms with Crippen molar-refractivity contribution >= 4 is 11.6 Å². The van der Waals surface area contributed by atoms with Crippen LogP contribution >= 0.6 is 0 Å². The standard InChI is InChI=1S/C14H11N3O2/c1-9-3-2-4-10(7-9)13-15-12-8-11(14(18)19)5-6-17(12)16-13/h2-8H,1H3,(H,18,19). The van der Waals surface area contributed by atoms with Crippen LogP contribution in [0, 0.1) is 6.92 Å². The predicted molar refractivity (Wildman–Crippen MR) is 70.1 cm³/mol. The zero-order valence-corrected chi connectivity index (χ0v) is 10.2. The van der Waals surface area contributed by atoms with Gasteiger partial charge in [-0.2, -0.15) is 0 Å². The summed E-state index contributed by atoms with van der Waals surface area (Å²) in [6, 6.07) is 10.9. The summed E-state index contributed by atoms with van der Waals surface area (Å²) in [6.45, 7) is 2.00. The van der Waals surface area contributed by atoms with Crippen LogP contribution in [0.2, 0.25) is 0 Å². The minimum Gasteiger partial charge on any atom is -0.478 e. The van der Waals surface area contributed by atoms with Gasteiger partial charge in [-0.1, -0.05) is 23.8 Å². The Hall–Kier alpha value is -2.69. The molecule has 94 valence electrons. The third-order valence-electron chi connectivity index (χ3n) is 2.86. The Labute approximate surface area is 109 Å². The second-order valence-corrected chi connectivity index (χ2v) is 4.33. The predicted octanol–water partition coefficient (Wildman–Crippen LogP) is 2.40. The van der Waals surface area contributed by atoms with Crippen LogP contribution in [0.15, 0.2) is 42.6 Å². The number of aromatic nitrogens is 3. The molecule has 2 aromatic heterocycles. The van der Waals surface area contributed by atoms with Gasteiger partial charge < -0.3 is 5.11 Å². The maximum absolute atomic E-state index is 10.9. The first-order valence-electron chi connectivity index (χ1n) is 5.80. The lowest BCUT2D eigenvalue weighted by Crippen LogP contribution is -1.97. The van der Waals surface area contributed by atoms with Crippen LogP contribution < -0.4 is 0 Å². The van der Waals surface area contributed by atoms with E-state index in [-0.39, 0.29) is 5.56 Å². The molecule has 0 radical (unpaired) electrons. The van der Waals surface area contributed by atoms with Gasteiger partial charge in [-0.15, -0.1) is 5.10 Å².